The highest BCUT2D eigenvalue weighted by atomic mass is 16.5. The zero-order valence-electron chi connectivity index (χ0n) is 10.1. The van der Waals surface area contributed by atoms with Gasteiger partial charge in [-0.05, 0) is 30.5 Å². The molecule has 0 unspecified atom stereocenters. The van der Waals surface area contributed by atoms with Crippen molar-refractivity contribution in [1.29, 1.82) is 0 Å². The number of anilines is 2. The molecule has 0 fully saturated rings. The molecule has 0 bridgehead atoms. The fourth-order valence-electron chi connectivity index (χ4n) is 2.21. The Bertz CT molecular complexity index is 418. The Morgan fingerprint density at radius 2 is 2.35 bits per heavy atom. The van der Waals surface area contributed by atoms with Crippen LogP contribution >= 0.6 is 0 Å². The number of carbonyl (C=O) groups excluding carboxylic acids is 1. The topological polar surface area (TPSA) is 55.6 Å². The minimum absolute atomic E-state index is 0.142. The predicted molar refractivity (Wildman–Crippen MR) is 68.0 cm³/mol. The summed E-state index contributed by atoms with van der Waals surface area (Å²) in [6.45, 7) is 1.89. The van der Waals surface area contributed by atoms with Crippen molar-refractivity contribution >= 4 is 17.3 Å². The van der Waals surface area contributed by atoms with E-state index in [1.807, 2.05) is 12.1 Å². The Hall–Kier alpha value is -1.71. The summed E-state index contributed by atoms with van der Waals surface area (Å²) in [5.41, 5.74) is 9.15. The summed E-state index contributed by atoms with van der Waals surface area (Å²) < 4.78 is 4.63. The van der Waals surface area contributed by atoms with Crippen LogP contribution < -0.4 is 10.6 Å². The second kappa shape index (κ2) is 5.08. The van der Waals surface area contributed by atoms with Gasteiger partial charge < -0.3 is 15.4 Å². The third-order valence-corrected chi connectivity index (χ3v) is 3.14. The number of nitrogens with two attached hydrogens (primary N) is 1. The summed E-state index contributed by atoms with van der Waals surface area (Å²) in [7, 11) is 1.42. The molecular weight excluding hydrogens is 216 g/mol. The van der Waals surface area contributed by atoms with E-state index in [1.165, 1.54) is 18.4 Å². The smallest absolute Gasteiger partial charge is 0.305 e. The maximum absolute atomic E-state index is 11.0. The van der Waals surface area contributed by atoms with Crippen LogP contribution in [0.15, 0.2) is 18.2 Å². The summed E-state index contributed by atoms with van der Waals surface area (Å²) in [6.07, 6.45) is 2.36. The van der Waals surface area contributed by atoms with Gasteiger partial charge in [0.15, 0.2) is 0 Å². The largest absolute Gasteiger partial charge is 0.469 e. The van der Waals surface area contributed by atoms with Crippen LogP contribution in [0.25, 0.3) is 0 Å². The molecule has 1 aromatic carbocycles. The first kappa shape index (κ1) is 11.8. The van der Waals surface area contributed by atoms with Crippen molar-refractivity contribution in [3.05, 3.63) is 23.8 Å². The summed E-state index contributed by atoms with van der Waals surface area (Å²) in [4.78, 5) is 13.3. The van der Waals surface area contributed by atoms with Crippen molar-refractivity contribution in [2.45, 2.75) is 19.3 Å². The highest BCUT2D eigenvalue weighted by Gasteiger charge is 2.18. The predicted octanol–water partition coefficient (Wildman–Crippen LogP) is 1.58. The van der Waals surface area contributed by atoms with Crippen LogP contribution in [0.4, 0.5) is 11.4 Å². The number of nitrogen functional groups attached to an aromatic ring is 1. The normalized spacial score (nSPS) is 13.6. The molecule has 0 saturated heterocycles. The number of methoxy groups -OCH3 is 1. The number of rotatable bonds is 4. The molecule has 2 rings (SSSR count). The average Bonchev–Trinajstić information content (AvgIpc) is 2.72. The second-order valence-electron chi connectivity index (χ2n) is 4.30. The number of esters is 1. The van der Waals surface area contributed by atoms with Gasteiger partial charge in [0.1, 0.15) is 0 Å². The van der Waals surface area contributed by atoms with E-state index in [0.717, 1.165) is 31.6 Å². The average molecular weight is 234 g/mol. The van der Waals surface area contributed by atoms with Gasteiger partial charge in [-0.2, -0.15) is 0 Å². The molecule has 0 aromatic heterocycles. The van der Waals surface area contributed by atoms with Gasteiger partial charge in [-0.1, -0.05) is 6.07 Å². The van der Waals surface area contributed by atoms with Crippen molar-refractivity contribution in [1.82, 2.24) is 0 Å². The standard InChI is InChI=1S/C13H18N2O2/c1-17-13(16)3-2-7-15-8-6-10-4-5-11(14)9-12(10)15/h4-5,9H,2-3,6-8,14H2,1H3. The van der Waals surface area contributed by atoms with Gasteiger partial charge in [0.25, 0.3) is 0 Å². The van der Waals surface area contributed by atoms with Gasteiger partial charge >= 0.3 is 5.97 Å². The number of hydrogen-bond donors (Lipinski definition) is 1. The number of carbonyl (C=O) groups is 1. The first-order valence-electron chi connectivity index (χ1n) is 5.91. The molecule has 17 heavy (non-hydrogen) atoms. The van der Waals surface area contributed by atoms with Crippen LogP contribution in [0.1, 0.15) is 18.4 Å². The number of hydrogen-bond acceptors (Lipinski definition) is 4. The maximum atomic E-state index is 11.0. The summed E-state index contributed by atoms with van der Waals surface area (Å²) in [6, 6.07) is 6.04. The van der Waals surface area contributed by atoms with Gasteiger partial charge in [-0.15, -0.1) is 0 Å². The first-order valence-corrected chi connectivity index (χ1v) is 5.91. The second-order valence-corrected chi connectivity index (χ2v) is 4.30. The molecule has 2 N–H and O–H groups in total. The molecular formula is C13H18N2O2. The Labute approximate surface area is 101 Å². The SMILES string of the molecule is COC(=O)CCCN1CCc2ccc(N)cc21. The van der Waals surface area contributed by atoms with Crippen molar-refractivity contribution in [2.75, 3.05) is 30.8 Å². The van der Waals surface area contributed by atoms with E-state index in [4.69, 9.17) is 5.73 Å². The lowest BCUT2D eigenvalue weighted by molar-refractivity contribution is -0.140. The molecule has 0 saturated carbocycles. The fourth-order valence-corrected chi connectivity index (χ4v) is 2.21. The highest BCUT2D eigenvalue weighted by Crippen LogP contribution is 2.29. The van der Waals surface area contributed by atoms with Crippen molar-refractivity contribution in [3.63, 3.8) is 0 Å². The van der Waals surface area contributed by atoms with Crippen LogP contribution in [-0.4, -0.2) is 26.2 Å². The molecule has 4 heteroatoms. The molecule has 92 valence electrons. The van der Waals surface area contributed by atoms with E-state index < -0.39 is 0 Å². The highest BCUT2D eigenvalue weighted by molar-refractivity contribution is 5.69. The molecule has 1 aliphatic rings. The summed E-state index contributed by atoms with van der Waals surface area (Å²) in [5, 5.41) is 0. The molecule has 0 atom stereocenters. The Balaban J connectivity index is 1.93. The third-order valence-electron chi connectivity index (χ3n) is 3.14. The van der Waals surface area contributed by atoms with Gasteiger partial charge in [-0.25, -0.2) is 0 Å². The maximum Gasteiger partial charge on any atom is 0.305 e. The quantitative estimate of drug-likeness (QED) is 0.635. The van der Waals surface area contributed by atoms with E-state index in [-0.39, 0.29) is 5.97 Å². The minimum Gasteiger partial charge on any atom is -0.469 e. The molecule has 0 aliphatic carbocycles. The molecule has 4 nitrogen and oxygen atoms in total. The number of benzene rings is 1. The number of ether oxygens (including phenoxy) is 1. The van der Waals surface area contributed by atoms with Crippen LogP contribution in [0.5, 0.6) is 0 Å². The van der Waals surface area contributed by atoms with Crippen molar-refractivity contribution in [2.24, 2.45) is 0 Å². The van der Waals surface area contributed by atoms with E-state index >= 15 is 0 Å². The van der Waals surface area contributed by atoms with Gasteiger partial charge in [0.05, 0.1) is 7.11 Å². The molecule has 0 amide bonds. The zero-order valence-corrected chi connectivity index (χ0v) is 10.1. The molecule has 1 aromatic rings. The van der Waals surface area contributed by atoms with Crippen LogP contribution in [0, 0.1) is 0 Å². The lowest BCUT2D eigenvalue weighted by atomic mass is 10.1. The van der Waals surface area contributed by atoms with Crippen molar-refractivity contribution in [3.8, 4) is 0 Å². The molecule has 0 spiro atoms. The zero-order chi connectivity index (χ0) is 12.3. The fraction of sp³-hybridized carbons (Fsp3) is 0.462. The minimum atomic E-state index is -0.142. The van der Waals surface area contributed by atoms with Crippen LogP contribution in [-0.2, 0) is 16.0 Å². The molecule has 0 radical (unpaired) electrons. The Morgan fingerprint density at radius 3 is 3.12 bits per heavy atom. The van der Waals surface area contributed by atoms with Gasteiger partial charge in [0, 0.05) is 30.9 Å². The van der Waals surface area contributed by atoms with E-state index in [1.54, 1.807) is 0 Å². The lowest BCUT2D eigenvalue weighted by Gasteiger charge is -2.19. The van der Waals surface area contributed by atoms with Crippen molar-refractivity contribution < 1.29 is 9.53 Å². The van der Waals surface area contributed by atoms with E-state index in [2.05, 4.69) is 15.7 Å². The lowest BCUT2D eigenvalue weighted by Crippen LogP contribution is -2.22. The monoisotopic (exact) mass is 234 g/mol. The van der Waals surface area contributed by atoms with Gasteiger partial charge in [-0.3, -0.25) is 4.79 Å². The Kier molecular flexibility index (Phi) is 3.52. The summed E-state index contributed by atoms with van der Waals surface area (Å²) >= 11 is 0. The number of fused-ring (bicyclic) bond motifs is 1. The van der Waals surface area contributed by atoms with E-state index in [9.17, 15) is 4.79 Å². The first-order chi connectivity index (χ1) is 8.20. The van der Waals surface area contributed by atoms with Crippen LogP contribution in [0.3, 0.4) is 0 Å². The number of nitrogens with zero attached hydrogens (tertiary/aromatic N) is 1. The third kappa shape index (κ3) is 2.70. The van der Waals surface area contributed by atoms with E-state index in [0.29, 0.717) is 6.42 Å². The van der Waals surface area contributed by atoms with Gasteiger partial charge in [0.2, 0.25) is 0 Å². The van der Waals surface area contributed by atoms with Crippen LogP contribution in [0.2, 0.25) is 0 Å². The molecule has 1 heterocycles. The molecule has 1 aliphatic heterocycles. The summed E-state index contributed by atoms with van der Waals surface area (Å²) in [5.74, 6) is -0.142. The Morgan fingerprint density at radius 1 is 1.53 bits per heavy atom.